The molecule has 1 aliphatic carbocycles. The second kappa shape index (κ2) is 6.26. The maximum atomic E-state index is 12.4. The fourth-order valence-corrected chi connectivity index (χ4v) is 2.93. The van der Waals surface area contributed by atoms with Crippen molar-refractivity contribution in [3.63, 3.8) is 0 Å². The van der Waals surface area contributed by atoms with E-state index in [0.29, 0.717) is 30.0 Å². The first kappa shape index (κ1) is 15.5. The maximum Gasteiger partial charge on any atom is 0.307 e. The SMILES string of the molecule is CC1CCCC(N)(C(=O)Nc2ccc(CC(=O)O)cc2)C1. The number of amides is 1. The minimum absolute atomic E-state index is 0.0213. The van der Waals surface area contributed by atoms with Crippen molar-refractivity contribution in [2.75, 3.05) is 5.32 Å². The lowest BCUT2D eigenvalue weighted by Crippen LogP contribution is -2.53. The quantitative estimate of drug-likeness (QED) is 0.792. The molecule has 0 bridgehead atoms. The molecule has 4 N–H and O–H groups in total. The molecule has 114 valence electrons. The van der Waals surface area contributed by atoms with Crippen molar-refractivity contribution in [2.45, 2.75) is 44.6 Å². The van der Waals surface area contributed by atoms with Crippen LogP contribution in [0.3, 0.4) is 0 Å². The number of aliphatic carboxylic acids is 1. The molecule has 1 saturated carbocycles. The zero-order valence-electron chi connectivity index (χ0n) is 12.3. The first-order valence-electron chi connectivity index (χ1n) is 7.30. The maximum absolute atomic E-state index is 12.4. The number of rotatable bonds is 4. The number of carbonyl (C=O) groups is 2. The van der Waals surface area contributed by atoms with Crippen molar-refractivity contribution in [1.82, 2.24) is 0 Å². The third kappa shape index (κ3) is 4.04. The monoisotopic (exact) mass is 290 g/mol. The first-order valence-corrected chi connectivity index (χ1v) is 7.30. The summed E-state index contributed by atoms with van der Waals surface area (Å²) in [6.07, 6.45) is 3.49. The Balaban J connectivity index is 2.00. The van der Waals surface area contributed by atoms with Crippen LogP contribution in [0, 0.1) is 5.92 Å². The van der Waals surface area contributed by atoms with Crippen molar-refractivity contribution in [2.24, 2.45) is 11.7 Å². The van der Waals surface area contributed by atoms with Crippen LogP contribution < -0.4 is 11.1 Å². The molecule has 1 amide bonds. The number of benzene rings is 1. The van der Waals surface area contributed by atoms with Crippen molar-refractivity contribution in [3.8, 4) is 0 Å². The summed E-state index contributed by atoms with van der Waals surface area (Å²) in [5.74, 6) is -0.559. The van der Waals surface area contributed by atoms with Crippen LogP contribution in [0.1, 0.15) is 38.2 Å². The van der Waals surface area contributed by atoms with Gasteiger partial charge in [0.1, 0.15) is 0 Å². The Morgan fingerprint density at radius 1 is 1.38 bits per heavy atom. The molecule has 1 aliphatic rings. The summed E-state index contributed by atoms with van der Waals surface area (Å²) in [7, 11) is 0. The Morgan fingerprint density at radius 3 is 2.62 bits per heavy atom. The summed E-state index contributed by atoms with van der Waals surface area (Å²) in [5.41, 5.74) is 6.81. The van der Waals surface area contributed by atoms with Crippen LogP contribution in [-0.4, -0.2) is 22.5 Å². The van der Waals surface area contributed by atoms with Crippen molar-refractivity contribution in [3.05, 3.63) is 29.8 Å². The largest absolute Gasteiger partial charge is 0.481 e. The van der Waals surface area contributed by atoms with Crippen LogP contribution in [-0.2, 0) is 16.0 Å². The fourth-order valence-electron chi connectivity index (χ4n) is 2.93. The molecule has 5 nitrogen and oxygen atoms in total. The van der Waals surface area contributed by atoms with E-state index in [4.69, 9.17) is 10.8 Å². The van der Waals surface area contributed by atoms with Crippen LogP contribution in [0.15, 0.2) is 24.3 Å². The highest BCUT2D eigenvalue weighted by Gasteiger charge is 2.37. The van der Waals surface area contributed by atoms with Gasteiger partial charge in [-0.1, -0.05) is 31.9 Å². The smallest absolute Gasteiger partial charge is 0.307 e. The Kier molecular flexibility index (Phi) is 4.63. The minimum atomic E-state index is -0.871. The van der Waals surface area contributed by atoms with E-state index in [9.17, 15) is 9.59 Å². The molecular weight excluding hydrogens is 268 g/mol. The van der Waals surface area contributed by atoms with E-state index in [2.05, 4.69) is 12.2 Å². The molecule has 0 saturated heterocycles. The number of hydrogen-bond donors (Lipinski definition) is 3. The molecule has 5 heteroatoms. The topological polar surface area (TPSA) is 92.4 Å². The number of carboxylic acid groups (broad SMARTS) is 1. The molecule has 0 heterocycles. The van der Waals surface area contributed by atoms with Crippen LogP contribution in [0.5, 0.6) is 0 Å². The summed E-state index contributed by atoms with van der Waals surface area (Å²) in [6.45, 7) is 2.12. The number of carboxylic acids is 1. The molecule has 2 atom stereocenters. The minimum Gasteiger partial charge on any atom is -0.481 e. The number of carbonyl (C=O) groups excluding carboxylic acids is 1. The van der Waals surface area contributed by atoms with Gasteiger partial charge in [0.2, 0.25) is 5.91 Å². The van der Waals surface area contributed by atoms with E-state index in [1.165, 1.54) is 0 Å². The van der Waals surface area contributed by atoms with Gasteiger partial charge >= 0.3 is 5.97 Å². The number of hydrogen-bond acceptors (Lipinski definition) is 3. The summed E-state index contributed by atoms with van der Waals surface area (Å²) in [6, 6.07) is 6.84. The van der Waals surface area contributed by atoms with Gasteiger partial charge in [-0.25, -0.2) is 0 Å². The average molecular weight is 290 g/mol. The predicted octanol–water partition coefficient (Wildman–Crippen LogP) is 2.16. The highest BCUT2D eigenvalue weighted by atomic mass is 16.4. The number of nitrogens with two attached hydrogens (primary N) is 1. The van der Waals surface area contributed by atoms with Gasteiger partial charge in [0.15, 0.2) is 0 Å². The van der Waals surface area contributed by atoms with Crippen LogP contribution in [0.2, 0.25) is 0 Å². The van der Waals surface area contributed by atoms with Crippen molar-refractivity contribution < 1.29 is 14.7 Å². The Labute approximate surface area is 124 Å². The predicted molar refractivity (Wildman–Crippen MR) is 81.0 cm³/mol. The van der Waals surface area contributed by atoms with Crippen LogP contribution in [0.4, 0.5) is 5.69 Å². The molecule has 21 heavy (non-hydrogen) atoms. The molecule has 0 spiro atoms. The van der Waals surface area contributed by atoms with Gasteiger partial charge in [-0.3, -0.25) is 9.59 Å². The summed E-state index contributed by atoms with van der Waals surface area (Å²) >= 11 is 0. The van der Waals surface area contributed by atoms with Crippen LogP contribution >= 0.6 is 0 Å². The van der Waals surface area contributed by atoms with Crippen LogP contribution in [0.25, 0.3) is 0 Å². The molecular formula is C16H22N2O3. The second-order valence-corrected chi connectivity index (χ2v) is 6.08. The number of anilines is 1. The summed E-state index contributed by atoms with van der Waals surface area (Å²) in [4.78, 5) is 23.0. The molecule has 1 aromatic rings. The molecule has 1 fully saturated rings. The first-order chi connectivity index (χ1) is 9.89. The zero-order chi connectivity index (χ0) is 15.5. The molecule has 0 radical (unpaired) electrons. The third-order valence-electron chi connectivity index (χ3n) is 4.05. The van der Waals surface area contributed by atoms with E-state index >= 15 is 0 Å². The summed E-state index contributed by atoms with van der Waals surface area (Å²) in [5, 5.41) is 11.6. The van der Waals surface area contributed by atoms with E-state index in [1.807, 2.05) is 0 Å². The Bertz CT molecular complexity index is 527. The zero-order valence-corrected chi connectivity index (χ0v) is 12.3. The third-order valence-corrected chi connectivity index (χ3v) is 4.05. The highest BCUT2D eigenvalue weighted by molar-refractivity contribution is 5.98. The normalized spacial score (nSPS) is 25.3. The molecule has 0 aliphatic heterocycles. The van der Waals surface area contributed by atoms with E-state index in [0.717, 1.165) is 12.8 Å². The van der Waals surface area contributed by atoms with Gasteiger partial charge in [0, 0.05) is 5.69 Å². The lowest BCUT2D eigenvalue weighted by Gasteiger charge is -2.35. The van der Waals surface area contributed by atoms with Gasteiger partial charge < -0.3 is 16.2 Å². The van der Waals surface area contributed by atoms with E-state index < -0.39 is 11.5 Å². The molecule has 0 aromatic heterocycles. The molecule has 2 unspecified atom stereocenters. The van der Waals surface area contributed by atoms with Gasteiger partial charge in [-0.05, 0) is 36.5 Å². The second-order valence-electron chi connectivity index (χ2n) is 6.08. The van der Waals surface area contributed by atoms with E-state index in [-0.39, 0.29) is 12.3 Å². The van der Waals surface area contributed by atoms with Crippen molar-refractivity contribution >= 4 is 17.6 Å². The lowest BCUT2D eigenvalue weighted by atomic mass is 9.76. The fraction of sp³-hybridized carbons (Fsp3) is 0.500. The van der Waals surface area contributed by atoms with Gasteiger partial charge in [-0.15, -0.1) is 0 Å². The lowest BCUT2D eigenvalue weighted by molar-refractivity contribution is -0.136. The average Bonchev–Trinajstić information content (AvgIpc) is 2.40. The molecule has 1 aromatic carbocycles. The summed E-state index contributed by atoms with van der Waals surface area (Å²) < 4.78 is 0. The standard InChI is InChI=1S/C16H22N2O3/c1-11-3-2-8-16(17,10-11)15(21)18-13-6-4-12(5-7-13)9-14(19)20/h4-7,11H,2-3,8-10,17H2,1H3,(H,18,21)(H,19,20). The molecule has 2 rings (SSSR count). The Morgan fingerprint density at radius 2 is 2.05 bits per heavy atom. The van der Waals surface area contributed by atoms with Gasteiger partial charge in [0.05, 0.1) is 12.0 Å². The number of nitrogens with one attached hydrogen (secondary N) is 1. The highest BCUT2D eigenvalue weighted by Crippen LogP contribution is 2.31. The van der Waals surface area contributed by atoms with Gasteiger partial charge in [-0.2, -0.15) is 0 Å². The van der Waals surface area contributed by atoms with E-state index in [1.54, 1.807) is 24.3 Å². The van der Waals surface area contributed by atoms with Crippen molar-refractivity contribution in [1.29, 1.82) is 0 Å². The Hall–Kier alpha value is -1.88. The van der Waals surface area contributed by atoms with Gasteiger partial charge in [0.25, 0.3) is 0 Å².